The molecule has 0 spiro atoms. The number of carbonyl (C=O) groups excluding carboxylic acids is 2. The second kappa shape index (κ2) is 7.85. The first-order valence-electron chi connectivity index (χ1n) is 8.48. The molecule has 0 aromatic heterocycles. The summed E-state index contributed by atoms with van der Waals surface area (Å²) in [6, 6.07) is 16.8. The van der Waals surface area contributed by atoms with Gasteiger partial charge in [-0.1, -0.05) is 101 Å². The summed E-state index contributed by atoms with van der Waals surface area (Å²) in [4.78, 5) is 27.0. The third-order valence-electron chi connectivity index (χ3n) is 4.50. The molecule has 0 bridgehead atoms. The van der Waals surface area contributed by atoms with Crippen LogP contribution in [-0.2, 0) is 0 Å². The molecule has 1 aliphatic rings. The summed E-state index contributed by atoms with van der Waals surface area (Å²) in [5.41, 5.74) is 2.16. The number of anilines is 1. The number of amides is 2. The van der Waals surface area contributed by atoms with Gasteiger partial charge in [-0.25, -0.2) is 4.90 Å². The van der Waals surface area contributed by atoms with E-state index in [1.54, 1.807) is 18.2 Å². The minimum Gasteiger partial charge on any atom is -0.268 e. The van der Waals surface area contributed by atoms with E-state index in [0.717, 1.165) is 16.0 Å². The molecule has 3 nitrogen and oxygen atoms in total. The summed E-state index contributed by atoms with van der Waals surface area (Å²) in [5.74, 6) is -1.20. The van der Waals surface area contributed by atoms with Gasteiger partial charge in [0.15, 0.2) is 0 Å². The summed E-state index contributed by atoms with van der Waals surface area (Å²) in [5, 5.41) is -0.284. The molecule has 0 unspecified atom stereocenters. The first-order valence-corrected chi connectivity index (χ1v) is 9.99. The Bertz CT molecular complexity index is 1140. The molecule has 7 heteroatoms. The zero-order valence-electron chi connectivity index (χ0n) is 14.6. The van der Waals surface area contributed by atoms with Crippen molar-refractivity contribution in [3.8, 4) is 0 Å². The molecule has 0 saturated carbocycles. The van der Waals surface area contributed by atoms with Crippen LogP contribution in [0.2, 0.25) is 20.1 Å². The Morgan fingerprint density at radius 1 is 0.621 bits per heavy atom. The van der Waals surface area contributed by atoms with E-state index in [1.807, 2.05) is 48.6 Å². The van der Waals surface area contributed by atoms with Crippen LogP contribution in [0.15, 0.2) is 54.6 Å². The lowest BCUT2D eigenvalue weighted by atomic mass is 10.1. The third kappa shape index (κ3) is 3.45. The highest BCUT2D eigenvalue weighted by atomic mass is 35.5. The van der Waals surface area contributed by atoms with Crippen LogP contribution in [0.25, 0.3) is 12.2 Å². The molecule has 2 amide bonds. The molecule has 0 aliphatic carbocycles. The van der Waals surface area contributed by atoms with Gasteiger partial charge in [0.2, 0.25) is 0 Å². The molecule has 3 aromatic rings. The fourth-order valence-electron chi connectivity index (χ4n) is 3.11. The van der Waals surface area contributed by atoms with Crippen molar-refractivity contribution in [3.63, 3.8) is 0 Å². The highest BCUT2D eigenvalue weighted by Crippen LogP contribution is 2.45. The van der Waals surface area contributed by atoms with Gasteiger partial charge in [0.1, 0.15) is 0 Å². The Kier molecular flexibility index (Phi) is 5.41. The summed E-state index contributed by atoms with van der Waals surface area (Å²) in [6.45, 7) is 0. The van der Waals surface area contributed by atoms with Crippen LogP contribution in [0.5, 0.6) is 0 Å². The molecule has 0 atom stereocenters. The maximum Gasteiger partial charge on any atom is 0.267 e. The average Bonchev–Trinajstić information content (AvgIpc) is 3.00. The van der Waals surface area contributed by atoms with Gasteiger partial charge in [0.25, 0.3) is 11.8 Å². The van der Waals surface area contributed by atoms with E-state index >= 15 is 0 Å². The minimum atomic E-state index is -0.598. The molecule has 29 heavy (non-hydrogen) atoms. The fraction of sp³-hybridized carbons (Fsp3) is 0. The van der Waals surface area contributed by atoms with Gasteiger partial charge < -0.3 is 0 Å². The van der Waals surface area contributed by atoms with Gasteiger partial charge in [-0.15, -0.1) is 0 Å². The second-order valence-corrected chi connectivity index (χ2v) is 7.80. The maximum absolute atomic E-state index is 13.0. The summed E-state index contributed by atoms with van der Waals surface area (Å²) < 4.78 is 0. The van der Waals surface area contributed by atoms with Crippen molar-refractivity contribution in [2.75, 3.05) is 4.90 Å². The topological polar surface area (TPSA) is 37.4 Å². The van der Waals surface area contributed by atoms with Crippen molar-refractivity contribution in [1.82, 2.24) is 0 Å². The number of fused-ring (bicyclic) bond motifs is 1. The molecule has 1 aliphatic heterocycles. The fourth-order valence-corrected chi connectivity index (χ4v) is 4.12. The van der Waals surface area contributed by atoms with Crippen LogP contribution < -0.4 is 4.90 Å². The lowest BCUT2D eigenvalue weighted by molar-refractivity contribution is 0.0926. The van der Waals surface area contributed by atoms with Crippen molar-refractivity contribution in [2.45, 2.75) is 0 Å². The number of hydrogen-bond acceptors (Lipinski definition) is 2. The molecule has 1 heterocycles. The predicted molar refractivity (Wildman–Crippen MR) is 119 cm³/mol. The van der Waals surface area contributed by atoms with Crippen molar-refractivity contribution in [1.29, 1.82) is 0 Å². The van der Waals surface area contributed by atoms with Gasteiger partial charge >= 0.3 is 0 Å². The number of rotatable bonds is 3. The van der Waals surface area contributed by atoms with Crippen molar-refractivity contribution in [3.05, 3.63) is 96.9 Å². The zero-order valence-corrected chi connectivity index (χ0v) is 17.7. The molecule has 0 fully saturated rings. The first kappa shape index (κ1) is 20.0. The maximum atomic E-state index is 13.0. The third-order valence-corrected chi connectivity index (χ3v) is 6.30. The Balaban J connectivity index is 1.74. The molecule has 3 aromatic carbocycles. The highest BCUT2D eigenvalue weighted by molar-refractivity contribution is 6.56. The summed E-state index contributed by atoms with van der Waals surface area (Å²) in [7, 11) is 0. The summed E-state index contributed by atoms with van der Waals surface area (Å²) in [6.07, 6.45) is 3.83. The van der Waals surface area contributed by atoms with Crippen molar-refractivity contribution in [2.24, 2.45) is 0 Å². The second-order valence-electron chi connectivity index (χ2n) is 6.29. The Labute approximate surface area is 187 Å². The van der Waals surface area contributed by atoms with E-state index in [1.165, 1.54) is 0 Å². The Morgan fingerprint density at radius 3 is 1.72 bits per heavy atom. The smallest absolute Gasteiger partial charge is 0.267 e. The standard InChI is InChI=1S/C22H11Cl4NO2/c23-17-15-16(18(24)20(26)19(17)25)22(29)27(21(15)28)14-8-4-7-13(11-14)10-9-12-5-2-1-3-6-12/h1-11H/b10-9-. The van der Waals surface area contributed by atoms with E-state index in [9.17, 15) is 9.59 Å². The molecule has 144 valence electrons. The number of halogens is 4. The average molecular weight is 463 g/mol. The SMILES string of the molecule is O=C1c2c(Cl)c(Cl)c(Cl)c(Cl)c2C(=O)N1c1cccc(/C=C\c2ccccc2)c1. The zero-order chi connectivity index (χ0) is 20.7. The quantitative estimate of drug-likeness (QED) is 0.177. The number of carbonyl (C=O) groups is 2. The van der Waals surface area contributed by atoms with Crippen LogP contribution in [0.1, 0.15) is 31.8 Å². The highest BCUT2D eigenvalue weighted by Gasteiger charge is 2.42. The normalized spacial score (nSPS) is 13.4. The largest absolute Gasteiger partial charge is 0.268 e. The van der Waals surface area contributed by atoms with Crippen LogP contribution >= 0.6 is 46.4 Å². The summed E-state index contributed by atoms with van der Waals surface area (Å²) >= 11 is 24.5. The Morgan fingerprint density at radius 2 is 1.14 bits per heavy atom. The van der Waals surface area contributed by atoms with E-state index in [4.69, 9.17) is 46.4 Å². The van der Waals surface area contributed by atoms with E-state index in [0.29, 0.717) is 5.69 Å². The molecule has 0 radical (unpaired) electrons. The lowest BCUT2D eigenvalue weighted by Crippen LogP contribution is -2.29. The molecular weight excluding hydrogens is 452 g/mol. The number of nitrogens with zero attached hydrogens (tertiary/aromatic N) is 1. The van der Waals surface area contributed by atoms with Gasteiger partial charge in [0, 0.05) is 0 Å². The molecular formula is C22H11Cl4NO2. The van der Waals surface area contributed by atoms with Gasteiger partial charge in [-0.3, -0.25) is 9.59 Å². The van der Waals surface area contributed by atoms with Gasteiger partial charge in [-0.05, 0) is 23.3 Å². The van der Waals surface area contributed by atoms with Crippen molar-refractivity contribution >= 4 is 76.1 Å². The Hall–Kier alpha value is -2.30. The molecule has 0 saturated heterocycles. The van der Waals surface area contributed by atoms with Crippen LogP contribution in [0.3, 0.4) is 0 Å². The lowest BCUT2D eigenvalue weighted by Gasteiger charge is -2.14. The van der Waals surface area contributed by atoms with E-state index in [2.05, 4.69) is 0 Å². The van der Waals surface area contributed by atoms with Crippen LogP contribution in [0.4, 0.5) is 5.69 Å². The van der Waals surface area contributed by atoms with Crippen LogP contribution in [-0.4, -0.2) is 11.8 Å². The van der Waals surface area contributed by atoms with Gasteiger partial charge in [-0.2, -0.15) is 0 Å². The van der Waals surface area contributed by atoms with Gasteiger partial charge in [0.05, 0.1) is 36.9 Å². The number of benzene rings is 3. The number of hydrogen-bond donors (Lipinski definition) is 0. The minimum absolute atomic E-state index is 0.0405. The first-order chi connectivity index (χ1) is 13.9. The number of imide groups is 1. The van der Waals surface area contributed by atoms with Crippen molar-refractivity contribution < 1.29 is 9.59 Å². The van der Waals surface area contributed by atoms with Crippen LogP contribution in [0, 0.1) is 0 Å². The van der Waals surface area contributed by atoms with E-state index in [-0.39, 0.29) is 31.2 Å². The monoisotopic (exact) mass is 461 g/mol. The predicted octanol–water partition coefficient (Wildman–Crippen LogP) is 7.27. The molecule has 0 N–H and O–H groups in total. The molecule has 4 rings (SSSR count). The van der Waals surface area contributed by atoms with E-state index < -0.39 is 11.8 Å².